The van der Waals surface area contributed by atoms with Gasteiger partial charge in [0.2, 0.25) is 0 Å². The molecule has 0 bridgehead atoms. The molecule has 2 aliphatic carbocycles. The first-order chi connectivity index (χ1) is 5.40. The summed E-state index contributed by atoms with van der Waals surface area (Å²) in [5, 5.41) is 1.20. The van der Waals surface area contributed by atoms with Crippen LogP contribution in [0.5, 0.6) is 0 Å². The van der Waals surface area contributed by atoms with Crippen molar-refractivity contribution >= 4 is 15.9 Å². The molecule has 0 aromatic carbocycles. The Hall–Kier alpha value is 0.480. The van der Waals surface area contributed by atoms with Crippen LogP contribution in [0.1, 0.15) is 40.5 Å². The Morgan fingerprint density at radius 2 is 1.75 bits per heavy atom. The van der Waals surface area contributed by atoms with Crippen LogP contribution in [-0.2, 0) is 0 Å². The largest absolute Gasteiger partial charge is 0.0925 e. The van der Waals surface area contributed by atoms with E-state index in [-0.39, 0.29) is 0 Å². The van der Waals surface area contributed by atoms with Crippen molar-refractivity contribution in [3.05, 3.63) is 0 Å². The summed E-state index contributed by atoms with van der Waals surface area (Å²) < 4.78 is 0. The fourth-order valence-corrected chi connectivity index (χ4v) is 5.39. The molecule has 2 atom stereocenters. The van der Waals surface area contributed by atoms with Gasteiger partial charge >= 0.3 is 0 Å². The third kappa shape index (κ3) is 0.670. The van der Waals surface area contributed by atoms with Gasteiger partial charge in [-0.1, -0.05) is 43.6 Å². The zero-order chi connectivity index (χ0) is 9.20. The minimum atomic E-state index is 0.595. The molecule has 12 heavy (non-hydrogen) atoms. The monoisotopic (exact) mass is 230 g/mol. The first-order valence-electron chi connectivity index (χ1n) is 4.96. The second kappa shape index (κ2) is 2.10. The summed E-state index contributed by atoms with van der Waals surface area (Å²) in [6.45, 7) is 9.78. The van der Waals surface area contributed by atoms with Crippen LogP contribution in [0, 0.1) is 22.2 Å². The molecular weight excluding hydrogens is 212 g/mol. The van der Waals surface area contributed by atoms with E-state index in [1.807, 2.05) is 0 Å². The average molecular weight is 231 g/mol. The molecular formula is C11H19Br. The molecule has 70 valence electrons. The van der Waals surface area contributed by atoms with Crippen LogP contribution < -0.4 is 0 Å². The number of rotatable bonds is 1. The van der Waals surface area contributed by atoms with Gasteiger partial charge in [0.1, 0.15) is 0 Å². The van der Waals surface area contributed by atoms with Crippen LogP contribution in [0.2, 0.25) is 0 Å². The lowest BCUT2D eigenvalue weighted by atomic mass is 9.56. The second-order valence-corrected chi connectivity index (χ2v) is 6.43. The van der Waals surface area contributed by atoms with Crippen molar-refractivity contribution in [2.45, 2.75) is 40.5 Å². The first kappa shape index (κ1) is 9.05. The van der Waals surface area contributed by atoms with Gasteiger partial charge in [0, 0.05) is 5.33 Å². The van der Waals surface area contributed by atoms with Crippen molar-refractivity contribution in [1.29, 1.82) is 0 Å². The van der Waals surface area contributed by atoms with Crippen LogP contribution in [-0.4, -0.2) is 5.33 Å². The Balaban J connectivity index is 2.27. The molecule has 1 heteroatoms. The average Bonchev–Trinajstić information content (AvgIpc) is 2.48. The van der Waals surface area contributed by atoms with Crippen LogP contribution in [0.3, 0.4) is 0 Å². The highest BCUT2D eigenvalue weighted by atomic mass is 79.9. The first-order valence-corrected chi connectivity index (χ1v) is 6.08. The van der Waals surface area contributed by atoms with Gasteiger partial charge in [0.15, 0.2) is 0 Å². The predicted molar refractivity (Wildman–Crippen MR) is 56.5 cm³/mol. The third-order valence-corrected chi connectivity index (χ3v) is 5.69. The summed E-state index contributed by atoms with van der Waals surface area (Å²) in [6.07, 6.45) is 2.89. The summed E-state index contributed by atoms with van der Waals surface area (Å²) in [6, 6.07) is 0. The third-order valence-electron chi connectivity index (χ3n) is 5.04. The highest BCUT2D eigenvalue weighted by molar-refractivity contribution is 9.09. The fourth-order valence-electron chi connectivity index (χ4n) is 4.03. The van der Waals surface area contributed by atoms with E-state index in [9.17, 15) is 0 Å². The van der Waals surface area contributed by atoms with E-state index in [1.165, 1.54) is 18.2 Å². The highest BCUT2D eigenvalue weighted by Gasteiger charge is 2.78. The summed E-state index contributed by atoms with van der Waals surface area (Å²) in [4.78, 5) is 0. The molecule has 2 fully saturated rings. The van der Waals surface area contributed by atoms with E-state index >= 15 is 0 Å². The zero-order valence-electron chi connectivity index (χ0n) is 8.58. The maximum Gasteiger partial charge on any atom is 0.00707 e. The Morgan fingerprint density at radius 3 is 1.83 bits per heavy atom. The molecule has 1 spiro atoms. The van der Waals surface area contributed by atoms with Gasteiger partial charge in [-0.05, 0) is 35.0 Å². The maximum absolute atomic E-state index is 3.65. The normalized spacial score (nSPS) is 47.2. The van der Waals surface area contributed by atoms with Gasteiger partial charge < -0.3 is 0 Å². The van der Waals surface area contributed by atoms with Gasteiger partial charge in [0.25, 0.3) is 0 Å². The number of alkyl halides is 1. The standard InChI is InChI=1S/C11H19Br/c1-9(2)5-6-11(9)8(7-12)10(11,3)4/h8H,5-7H2,1-4H3. The number of hydrogen-bond donors (Lipinski definition) is 0. The van der Waals surface area contributed by atoms with Crippen molar-refractivity contribution in [2.75, 3.05) is 5.33 Å². The molecule has 0 N–H and O–H groups in total. The van der Waals surface area contributed by atoms with Gasteiger partial charge in [-0.25, -0.2) is 0 Å². The van der Waals surface area contributed by atoms with Crippen molar-refractivity contribution in [2.24, 2.45) is 22.2 Å². The quantitative estimate of drug-likeness (QED) is 0.601. The van der Waals surface area contributed by atoms with Crippen molar-refractivity contribution in [1.82, 2.24) is 0 Å². The fraction of sp³-hybridized carbons (Fsp3) is 1.00. The molecule has 2 rings (SSSR count). The van der Waals surface area contributed by atoms with Gasteiger partial charge in [-0.2, -0.15) is 0 Å². The summed E-state index contributed by atoms with van der Waals surface area (Å²) in [5.74, 6) is 0.925. The van der Waals surface area contributed by atoms with E-state index in [0.29, 0.717) is 16.2 Å². The van der Waals surface area contributed by atoms with Crippen LogP contribution in [0.4, 0.5) is 0 Å². The molecule has 0 saturated heterocycles. The van der Waals surface area contributed by atoms with Crippen LogP contribution in [0.25, 0.3) is 0 Å². The van der Waals surface area contributed by atoms with E-state index in [4.69, 9.17) is 0 Å². The molecule has 0 amide bonds. The number of halogens is 1. The molecule has 0 heterocycles. The van der Waals surface area contributed by atoms with Crippen LogP contribution >= 0.6 is 15.9 Å². The lowest BCUT2D eigenvalue weighted by Crippen LogP contribution is -2.40. The van der Waals surface area contributed by atoms with E-state index < -0.39 is 0 Å². The van der Waals surface area contributed by atoms with Crippen molar-refractivity contribution < 1.29 is 0 Å². The van der Waals surface area contributed by atoms with Gasteiger partial charge in [-0.3, -0.25) is 0 Å². The maximum atomic E-state index is 3.65. The predicted octanol–water partition coefficient (Wildman–Crippen LogP) is 3.84. The van der Waals surface area contributed by atoms with Crippen molar-refractivity contribution in [3.63, 3.8) is 0 Å². The minimum absolute atomic E-state index is 0.595. The molecule has 2 aliphatic rings. The van der Waals surface area contributed by atoms with E-state index in [1.54, 1.807) is 0 Å². The Morgan fingerprint density at radius 1 is 1.17 bits per heavy atom. The Labute approximate surface area is 84.2 Å². The molecule has 0 aromatic heterocycles. The minimum Gasteiger partial charge on any atom is -0.0925 e. The molecule has 0 aromatic rings. The smallest absolute Gasteiger partial charge is 0.00707 e. The lowest BCUT2D eigenvalue weighted by Gasteiger charge is -2.49. The van der Waals surface area contributed by atoms with E-state index in [0.717, 1.165) is 5.92 Å². The Bertz CT molecular complexity index is 217. The zero-order valence-corrected chi connectivity index (χ0v) is 10.2. The summed E-state index contributed by atoms with van der Waals surface area (Å²) >= 11 is 3.65. The molecule has 2 unspecified atom stereocenters. The summed E-state index contributed by atoms with van der Waals surface area (Å²) in [7, 11) is 0. The SMILES string of the molecule is CC1(C)CCC12C(CBr)C2(C)C. The number of hydrogen-bond acceptors (Lipinski definition) is 0. The van der Waals surface area contributed by atoms with Crippen LogP contribution in [0.15, 0.2) is 0 Å². The van der Waals surface area contributed by atoms with E-state index in [2.05, 4.69) is 43.6 Å². The molecule has 0 aliphatic heterocycles. The topological polar surface area (TPSA) is 0 Å². The highest BCUT2D eigenvalue weighted by Crippen LogP contribution is 2.84. The second-order valence-electron chi connectivity index (χ2n) is 5.78. The molecule has 2 saturated carbocycles. The Kier molecular flexibility index (Phi) is 1.59. The van der Waals surface area contributed by atoms with Gasteiger partial charge in [-0.15, -0.1) is 0 Å². The van der Waals surface area contributed by atoms with Crippen molar-refractivity contribution in [3.8, 4) is 0 Å². The molecule has 0 radical (unpaired) electrons. The molecule has 0 nitrogen and oxygen atoms in total. The summed E-state index contributed by atoms with van der Waals surface area (Å²) in [5.41, 5.74) is 1.89. The lowest BCUT2D eigenvalue weighted by molar-refractivity contribution is 0.00673. The van der Waals surface area contributed by atoms with Gasteiger partial charge in [0.05, 0.1) is 0 Å².